The van der Waals surface area contributed by atoms with Crippen LogP contribution in [0.25, 0.3) is 0 Å². The lowest BCUT2D eigenvalue weighted by Crippen LogP contribution is -2.14. The highest BCUT2D eigenvalue weighted by Gasteiger charge is 2.18. The molecule has 7 heteroatoms. The number of hydrogen-bond donors (Lipinski definition) is 2. The monoisotopic (exact) mass is 325 g/mol. The Balaban J connectivity index is 2.35. The molecule has 2 rings (SSSR count). The van der Waals surface area contributed by atoms with Gasteiger partial charge in [-0.05, 0) is 43.5 Å². The number of benzene rings is 1. The number of thiazole rings is 1. The molecular weight excluding hydrogens is 306 g/mol. The lowest BCUT2D eigenvalue weighted by Gasteiger charge is -2.10. The van der Waals surface area contributed by atoms with E-state index in [1.54, 1.807) is 12.1 Å². The maximum absolute atomic E-state index is 12.4. The summed E-state index contributed by atoms with van der Waals surface area (Å²) in [6, 6.07) is 5.05. The number of aromatic nitrogens is 1. The van der Waals surface area contributed by atoms with E-state index in [0.717, 1.165) is 28.1 Å². The first kappa shape index (κ1) is 15.9. The van der Waals surface area contributed by atoms with Crippen molar-refractivity contribution >= 4 is 26.5 Å². The highest BCUT2D eigenvalue weighted by atomic mass is 32.2. The summed E-state index contributed by atoms with van der Waals surface area (Å²) in [6.07, 6.45) is 0.825. The molecule has 1 heterocycles. The normalized spacial score (nSPS) is 11.6. The number of sulfonamides is 1. The quantitative estimate of drug-likeness (QED) is 0.885. The number of anilines is 1. The summed E-state index contributed by atoms with van der Waals surface area (Å²) in [5, 5.41) is 0.388. The largest absolute Gasteiger partial charge is 0.326 e. The summed E-state index contributed by atoms with van der Waals surface area (Å²) in [5.41, 5.74) is 8.44. The van der Waals surface area contributed by atoms with Crippen LogP contribution in [0.3, 0.4) is 0 Å². The predicted molar refractivity (Wildman–Crippen MR) is 86.1 cm³/mol. The minimum absolute atomic E-state index is 0.214. The van der Waals surface area contributed by atoms with E-state index in [1.807, 2.05) is 26.8 Å². The number of nitrogens with zero attached hydrogens (tertiary/aromatic N) is 1. The first-order valence-corrected chi connectivity index (χ1v) is 8.96. The molecule has 1 aromatic heterocycles. The fourth-order valence-electron chi connectivity index (χ4n) is 1.99. The lowest BCUT2D eigenvalue weighted by atomic mass is 10.1. The van der Waals surface area contributed by atoms with Gasteiger partial charge in [0, 0.05) is 11.4 Å². The van der Waals surface area contributed by atoms with Gasteiger partial charge < -0.3 is 5.73 Å². The molecule has 0 spiro atoms. The van der Waals surface area contributed by atoms with Gasteiger partial charge in [0.25, 0.3) is 10.0 Å². The molecule has 0 radical (unpaired) electrons. The van der Waals surface area contributed by atoms with Gasteiger partial charge in [-0.3, -0.25) is 4.72 Å². The van der Waals surface area contributed by atoms with Crippen LogP contribution in [0.5, 0.6) is 0 Å². The zero-order valence-corrected chi connectivity index (χ0v) is 13.9. The fourth-order valence-corrected chi connectivity index (χ4v) is 4.09. The summed E-state index contributed by atoms with van der Waals surface area (Å²) in [5.74, 6) is 0. The molecule has 3 N–H and O–H groups in total. The summed E-state index contributed by atoms with van der Waals surface area (Å²) >= 11 is 1.33. The Labute approximate surface area is 129 Å². The Morgan fingerprint density at radius 1 is 1.29 bits per heavy atom. The third kappa shape index (κ3) is 3.42. The van der Waals surface area contributed by atoms with Crippen molar-refractivity contribution in [2.75, 3.05) is 4.72 Å². The average Bonchev–Trinajstić information content (AvgIpc) is 2.75. The fraction of sp³-hybridized carbons (Fsp3) is 0.357. The van der Waals surface area contributed by atoms with Crippen molar-refractivity contribution in [3.8, 4) is 0 Å². The van der Waals surface area contributed by atoms with Crippen molar-refractivity contribution in [2.24, 2.45) is 5.73 Å². The predicted octanol–water partition coefficient (Wildman–Crippen LogP) is 2.58. The molecule has 0 aliphatic rings. The first-order chi connectivity index (χ1) is 9.87. The molecule has 0 bridgehead atoms. The van der Waals surface area contributed by atoms with Crippen molar-refractivity contribution in [3.63, 3.8) is 0 Å². The molecule has 0 saturated carbocycles. The molecule has 0 aliphatic carbocycles. The molecule has 21 heavy (non-hydrogen) atoms. The van der Waals surface area contributed by atoms with E-state index in [-0.39, 0.29) is 4.90 Å². The van der Waals surface area contributed by atoms with Gasteiger partial charge in [-0.25, -0.2) is 13.4 Å². The van der Waals surface area contributed by atoms with Crippen LogP contribution < -0.4 is 10.5 Å². The van der Waals surface area contributed by atoms with E-state index < -0.39 is 10.0 Å². The van der Waals surface area contributed by atoms with Crippen LogP contribution in [0, 0.1) is 13.8 Å². The van der Waals surface area contributed by atoms with Crippen molar-refractivity contribution in [2.45, 2.75) is 38.6 Å². The van der Waals surface area contributed by atoms with Crippen LogP contribution >= 0.6 is 11.3 Å². The Kier molecular flexibility index (Phi) is 4.65. The number of hydrogen-bond acceptors (Lipinski definition) is 5. The molecule has 2 aromatic rings. The highest BCUT2D eigenvalue weighted by molar-refractivity contribution is 7.93. The molecule has 0 aliphatic heterocycles. The second kappa shape index (κ2) is 6.13. The molecule has 114 valence electrons. The third-order valence-corrected chi connectivity index (χ3v) is 5.79. The van der Waals surface area contributed by atoms with Crippen LogP contribution in [-0.4, -0.2) is 13.4 Å². The van der Waals surface area contributed by atoms with Crippen LogP contribution in [0.1, 0.15) is 28.6 Å². The van der Waals surface area contributed by atoms with Crippen molar-refractivity contribution < 1.29 is 8.42 Å². The van der Waals surface area contributed by atoms with Crippen LogP contribution in [0.15, 0.2) is 23.1 Å². The van der Waals surface area contributed by atoms with Crippen molar-refractivity contribution in [3.05, 3.63) is 39.9 Å². The van der Waals surface area contributed by atoms with E-state index in [4.69, 9.17) is 5.73 Å². The lowest BCUT2D eigenvalue weighted by molar-refractivity contribution is 0.601. The van der Waals surface area contributed by atoms with E-state index in [9.17, 15) is 8.42 Å². The zero-order valence-electron chi connectivity index (χ0n) is 12.3. The van der Waals surface area contributed by atoms with Gasteiger partial charge in [-0.2, -0.15) is 0 Å². The van der Waals surface area contributed by atoms with Gasteiger partial charge in [-0.1, -0.05) is 13.0 Å². The minimum atomic E-state index is -3.63. The van der Waals surface area contributed by atoms with E-state index in [0.29, 0.717) is 11.7 Å². The number of aryl methyl sites for hydroxylation is 3. The first-order valence-electron chi connectivity index (χ1n) is 6.66. The van der Waals surface area contributed by atoms with Crippen LogP contribution in [0.4, 0.5) is 5.13 Å². The summed E-state index contributed by atoms with van der Waals surface area (Å²) in [4.78, 5) is 5.41. The highest BCUT2D eigenvalue weighted by Crippen LogP contribution is 2.25. The summed E-state index contributed by atoms with van der Waals surface area (Å²) in [7, 11) is -3.63. The Morgan fingerprint density at radius 3 is 2.52 bits per heavy atom. The standard InChI is InChI=1S/C14H19N3O2S2/c1-4-11-5-6-13(7-12(11)8-15)21(18,19)17-14-16-9(2)10(3)20-14/h5-7H,4,8,15H2,1-3H3,(H,16,17). The molecule has 0 amide bonds. The number of rotatable bonds is 5. The van der Waals surface area contributed by atoms with Gasteiger partial charge in [-0.15, -0.1) is 11.3 Å². The topological polar surface area (TPSA) is 85.1 Å². The number of nitrogens with two attached hydrogens (primary N) is 1. The maximum atomic E-state index is 12.4. The smallest absolute Gasteiger partial charge is 0.263 e. The molecule has 1 aromatic carbocycles. The SMILES string of the molecule is CCc1ccc(S(=O)(=O)Nc2nc(C)c(C)s2)cc1CN. The average molecular weight is 325 g/mol. The molecular formula is C14H19N3O2S2. The molecule has 0 atom stereocenters. The zero-order chi connectivity index (χ0) is 15.6. The van der Waals surface area contributed by atoms with E-state index in [1.165, 1.54) is 11.3 Å². The van der Waals surface area contributed by atoms with Gasteiger partial charge >= 0.3 is 0 Å². The van der Waals surface area contributed by atoms with Gasteiger partial charge in [0.2, 0.25) is 0 Å². The Hall–Kier alpha value is -1.44. The number of nitrogens with one attached hydrogen (secondary N) is 1. The molecule has 0 saturated heterocycles. The molecule has 0 unspecified atom stereocenters. The Morgan fingerprint density at radius 2 is 2.00 bits per heavy atom. The van der Waals surface area contributed by atoms with Crippen molar-refractivity contribution in [1.29, 1.82) is 0 Å². The third-order valence-electron chi connectivity index (χ3n) is 3.34. The second-order valence-electron chi connectivity index (χ2n) is 4.75. The Bertz CT molecular complexity index is 732. The van der Waals surface area contributed by atoms with Crippen molar-refractivity contribution in [1.82, 2.24) is 4.98 Å². The maximum Gasteiger partial charge on any atom is 0.263 e. The van der Waals surface area contributed by atoms with Crippen LogP contribution in [0.2, 0.25) is 0 Å². The van der Waals surface area contributed by atoms with Crippen LogP contribution in [-0.2, 0) is 23.0 Å². The molecule has 5 nitrogen and oxygen atoms in total. The van der Waals surface area contributed by atoms with E-state index in [2.05, 4.69) is 9.71 Å². The van der Waals surface area contributed by atoms with Gasteiger partial charge in [0.15, 0.2) is 5.13 Å². The summed E-state index contributed by atoms with van der Waals surface area (Å²) < 4.78 is 27.3. The van der Waals surface area contributed by atoms with Gasteiger partial charge in [0.05, 0.1) is 10.6 Å². The van der Waals surface area contributed by atoms with Gasteiger partial charge in [0.1, 0.15) is 0 Å². The van der Waals surface area contributed by atoms with E-state index >= 15 is 0 Å². The second-order valence-corrected chi connectivity index (χ2v) is 7.64. The minimum Gasteiger partial charge on any atom is -0.326 e. The molecule has 0 fully saturated rings. The summed E-state index contributed by atoms with van der Waals surface area (Å²) in [6.45, 7) is 6.10.